The van der Waals surface area contributed by atoms with Crippen LogP contribution in [0.15, 0.2) is 24.3 Å². The van der Waals surface area contributed by atoms with E-state index in [0.717, 1.165) is 32.1 Å². The highest BCUT2D eigenvalue weighted by Gasteiger charge is 2.18. The molecule has 356 valence electrons. The van der Waals surface area contributed by atoms with Crippen molar-refractivity contribution in [2.45, 2.75) is 321 Å². The topological polar surface area (TPSA) is 69.6 Å². The summed E-state index contributed by atoms with van der Waals surface area (Å²) >= 11 is 0. The number of carbonyl (C=O) groups excluding carboxylic acids is 1. The molecule has 2 atom stereocenters. The van der Waals surface area contributed by atoms with Crippen LogP contribution in [0.3, 0.4) is 0 Å². The quantitative estimate of drug-likeness (QED) is 0.0422. The molecule has 2 unspecified atom stereocenters. The molecule has 4 heteroatoms. The Morgan fingerprint density at radius 1 is 0.383 bits per heavy atom. The van der Waals surface area contributed by atoms with Gasteiger partial charge in [-0.15, -0.1) is 0 Å². The third kappa shape index (κ3) is 47.9. The molecule has 4 nitrogen and oxygen atoms in total. The Hall–Kier alpha value is -1.13. The predicted molar refractivity (Wildman–Crippen MR) is 267 cm³/mol. The van der Waals surface area contributed by atoms with Crippen LogP contribution in [-0.2, 0) is 4.79 Å². The Bertz CT molecular complexity index is 871. The first-order valence-corrected chi connectivity index (χ1v) is 27.6. The smallest absolute Gasteiger partial charge is 0.220 e. The Morgan fingerprint density at radius 2 is 0.633 bits per heavy atom. The molecule has 0 saturated heterocycles. The minimum Gasteiger partial charge on any atom is -0.394 e. The molecule has 0 rings (SSSR count). The first kappa shape index (κ1) is 58.9. The molecule has 0 aromatic rings. The highest BCUT2D eigenvalue weighted by molar-refractivity contribution is 5.76. The van der Waals surface area contributed by atoms with Gasteiger partial charge in [0.15, 0.2) is 0 Å². The van der Waals surface area contributed by atoms with E-state index in [1.54, 1.807) is 6.08 Å². The molecule has 0 fully saturated rings. The van der Waals surface area contributed by atoms with Crippen LogP contribution in [0.2, 0.25) is 0 Å². The summed E-state index contributed by atoms with van der Waals surface area (Å²) in [5.74, 6) is -0.0692. The first-order valence-electron chi connectivity index (χ1n) is 27.6. The third-order valence-electron chi connectivity index (χ3n) is 12.9. The van der Waals surface area contributed by atoms with Gasteiger partial charge in [-0.2, -0.15) is 0 Å². The van der Waals surface area contributed by atoms with Gasteiger partial charge in [0.1, 0.15) is 0 Å². The van der Waals surface area contributed by atoms with Crippen molar-refractivity contribution in [3.63, 3.8) is 0 Å². The number of nitrogens with one attached hydrogen (secondary N) is 1. The van der Waals surface area contributed by atoms with Crippen LogP contribution >= 0.6 is 0 Å². The fourth-order valence-electron chi connectivity index (χ4n) is 8.71. The van der Waals surface area contributed by atoms with E-state index in [1.165, 1.54) is 257 Å². The summed E-state index contributed by atoms with van der Waals surface area (Å²) in [6.07, 6.45) is 69.2. The fourth-order valence-corrected chi connectivity index (χ4v) is 8.71. The maximum Gasteiger partial charge on any atom is 0.220 e. The second-order valence-electron chi connectivity index (χ2n) is 19.0. The second-order valence-corrected chi connectivity index (χ2v) is 19.0. The maximum absolute atomic E-state index is 12.4. The summed E-state index contributed by atoms with van der Waals surface area (Å²) in [5.41, 5.74) is 0. The maximum atomic E-state index is 12.4. The molecule has 0 radical (unpaired) electrons. The predicted octanol–water partition coefficient (Wildman–Crippen LogP) is 17.9. The lowest BCUT2D eigenvalue weighted by Gasteiger charge is -2.20. The van der Waals surface area contributed by atoms with Crippen LogP contribution in [-0.4, -0.2) is 34.9 Å². The van der Waals surface area contributed by atoms with Crippen LogP contribution in [0.25, 0.3) is 0 Å². The van der Waals surface area contributed by atoms with E-state index in [4.69, 9.17) is 0 Å². The van der Waals surface area contributed by atoms with Crippen molar-refractivity contribution in [3.8, 4) is 0 Å². The average molecular weight is 844 g/mol. The monoisotopic (exact) mass is 844 g/mol. The SMILES string of the molecule is CCCCCCCC/C=C\CCCCCCCC(=O)NC(CO)C(O)/C=C/CCCCCCCCCCCCCCCCCCCCCCCCCCCCCCCCC. The van der Waals surface area contributed by atoms with Gasteiger partial charge in [-0.3, -0.25) is 4.79 Å². The molecule has 0 spiro atoms. The van der Waals surface area contributed by atoms with Crippen LogP contribution in [0.1, 0.15) is 309 Å². The van der Waals surface area contributed by atoms with Crippen molar-refractivity contribution in [3.05, 3.63) is 24.3 Å². The number of amides is 1. The van der Waals surface area contributed by atoms with Crippen LogP contribution in [0, 0.1) is 0 Å². The molecule has 0 aromatic carbocycles. The number of hydrogen-bond acceptors (Lipinski definition) is 3. The molecular weight excluding hydrogens is 735 g/mol. The number of allylic oxidation sites excluding steroid dienone is 3. The summed E-state index contributed by atoms with van der Waals surface area (Å²) < 4.78 is 0. The van der Waals surface area contributed by atoms with Gasteiger partial charge in [0.25, 0.3) is 0 Å². The third-order valence-corrected chi connectivity index (χ3v) is 12.9. The Balaban J connectivity index is 3.42. The number of rotatable bonds is 51. The zero-order valence-electron chi connectivity index (χ0n) is 41.0. The molecule has 0 heterocycles. The number of aliphatic hydroxyl groups is 2. The summed E-state index contributed by atoms with van der Waals surface area (Å²) in [6.45, 7) is 4.33. The van der Waals surface area contributed by atoms with Crippen molar-refractivity contribution < 1.29 is 15.0 Å². The minimum atomic E-state index is -0.841. The van der Waals surface area contributed by atoms with Gasteiger partial charge in [0.2, 0.25) is 5.91 Å². The molecular formula is C56H109NO3. The summed E-state index contributed by atoms with van der Waals surface area (Å²) in [6, 6.07) is -0.625. The number of carbonyl (C=O) groups is 1. The van der Waals surface area contributed by atoms with E-state index >= 15 is 0 Å². The average Bonchev–Trinajstić information content (AvgIpc) is 3.25. The van der Waals surface area contributed by atoms with Crippen LogP contribution in [0.5, 0.6) is 0 Å². The van der Waals surface area contributed by atoms with Gasteiger partial charge in [0.05, 0.1) is 18.8 Å². The van der Waals surface area contributed by atoms with Gasteiger partial charge in [-0.25, -0.2) is 0 Å². The standard InChI is InChI=1S/C56H109NO3/c1-3-5-7-9-11-13-15-17-19-20-21-22-23-24-25-26-27-28-29-30-31-32-33-34-35-36-38-39-41-43-45-47-49-51-55(59)54(53-58)57-56(60)52-50-48-46-44-42-40-37-18-16-14-12-10-8-6-4-2/h18,37,49,51,54-55,58-59H,3-17,19-36,38-48,50,52-53H2,1-2H3,(H,57,60)/b37-18-,51-49+. The van der Waals surface area contributed by atoms with Crippen molar-refractivity contribution in [1.29, 1.82) is 0 Å². The molecule has 0 aliphatic rings. The van der Waals surface area contributed by atoms with Crippen molar-refractivity contribution in [1.82, 2.24) is 5.32 Å². The lowest BCUT2D eigenvalue weighted by atomic mass is 10.0. The van der Waals surface area contributed by atoms with Gasteiger partial charge in [0, 0.05) is 6.42 Å². The second kappa shape index (κ2) is 52.2. The molecule has 0 saturated carbocycles. The van der Waals surface area contributed by atoms with E-state index in [-0.39, 0.29) is 12.5 Å². The van der Waals surface area contributed by atoms with Crippen molar-refractivity contribution in [2.24, 2.45) is 0 Å². The lowest BCUT2D eigenvalue weighted by Crippen LogP contribution is -2.45. The normalized spacial score (nSPS) is 12.9. The largest absolute Gasteiger partial charge is 0.394 e. The van der Waals surface area contributed by atoms with Crippen molar-refractivity contribution >= 4 is 5.91 Å². The highest BCUT2D eigenvalue weighted by atomic mass is 16.3. The van der Waals surface area contributed by atoms with E-state index in [0.29, 0.717) is 6.42 Å². The van der Waals surface area contributed by atoms with Crippen molar-refractivity contribution in [2.75, 3.05) is 6.61 Å². The molecule has 3 N–H and O–H groups in total. The molecule has 60 heavy (non-hydrogen) atoms. The van der Waals surface area contributed by atoms with E-state index in [2.05, 4.69) is 31.3 Å². The molecule has 0 aliphatic heterocycles. The molecule has 0 bridgehead atoms. The van der Waals surface area contributed by atoms with E-state index < -0.39 is 12.1 Å². The Labute approximate surface area is 377 Å². The zero-order chi connectivity index (χ0) is 43.5. The molecule has 0 aliphatic carbocycles. The van der Waals surface area contributed by atoms with Gasteiger partial charge >= 0.3 is 0 Å². The highest BCUT2D eigenvalue weighted by Crippen LogP contribution is 2.17. The lowest BCUT2D eigenvalue weighted by molar-refractivity contribution is -0.123. The fraction of sp³-hybridized carbons (Fsp3) is 0.911. The summed E-state index contributed by atoms with van der Waals surface area (Å²) in [5, 5.41) is 23.1. The number of aliphatic hydroxyl groups excluding tert-OH is 2. The minimum absolute atomic E-state index is 0.0692. The summed E-state index contributed by atoms with van der Waals surface area (Å²) in [7, 11) is 0. The summed E-state index contributed by atoms with van der Waals surface area (Å²) in [4.78, 5) is 12.4. The number of hydrogen-bond donors (Lipinski definition) is 3. The number of unbranched alkanes of at least 4 members (excludes halogenated alkanes) is 42. The van der Waals surface area contributed by atoms with Crippen LogP contribution in [0.4, 0.5) is 0 Å². The van der Waals surface area contributed by atoms with E-state index in [1.807, 2.05) is 6.08 Å². The van der Waals surface area contributed by atoms with E-state index in [9.17, 15) is 15.0 Å². The molecule has 0 aromatic heterocycles. The van der Waals surface area contributed by atoms with Crippen LogP contribution < -0.4 is 5.32 Å². The molecule has 1 amide bonds. The van der Waals surface area contributed by atoms with Gasteiger partial charge < -0.3 is 15.5 Å². The van der Waals surface area contributed by atoms with Gasteiger partial charge in [-0.1, -0.05) is 282 Å². The van der Waals surface area contributed by atoms with Gasteiger partial charge in [-0.05, 0) is 44.9 Å². The first-order chi connectivity index (χ1) is 29.7. The zero-order valence-corrected chi connectivity index (χ0v) is 41.0. The Kier molecular flexibility index (Phi) is 51.2. The Morgan fingerprint density at radius 3 is 0.917 bits per heavy atom.